The Hall–Kier alpha value is -1.10. The number of piperidine rings is 1. The van der Waals surface area contributed by atoms with Gasteiger partial charge >= 0.3 is 6.18 Å². The number of pyridine rings is 1. The topological polar surface area (TPSA) is 24.9 Å². The van der Waals surface area contributed by atoms with Crippen molar-refractivity contribution < 1.29 is 13.2 Å². The molecule has 0 spiro atoms. The first-order valence-electron chi connectivity index (χ1n) is 7.20. The molecule has 0 radical (unpaired) electrons. The highest BCUT2D eigenvalue weighted by atomic mass is 19.4. The van der Waals surface area contributed by atoms with Gasteiger partial charge in [-0.3, -0.25) is 4.98 Å². The molecule has 1 aromatic heterocycles. The van der Waals surface area contributed by atoms with E-state index in [2.05, 4.69) is 10.3 Å². The third kappa shape index (κ3) is 3.14. The number of rotatable bonds is 3. The van der Waals surface area contributed by atoms with Crippen LogP contribution >= 0.6 is 0 Å². The maximum absolute atomic E-state index is 12.8. The second kappa shape index (κ2) is 5.02. The Morgan fingerprint density at radius 2 is 2.05 bits per heavy atom. The summed E-state index contributed by atoms with van der Waals surface area (Å²) >= 11 is 0. The average Bonchev–Trinajstić information content (AvgIpc) is 3.13. The van der Waals surface area contributed by atoms with Crippen LogP contribution in [-0.2, 0) is 12.6 Å². The number of nitrogens with zero attached hydrogens (tertiary/aromatic N) is 1. The third-order valence-electron chi connectivity index (χ3n) is 4.41. The summed E-state index contributed by atoms with van der Waals surface area (Å²) < 4.78 is 38.3. The van der Waals surface area contributed by atoms with Gasteiger partial charge in [0.25, 0.3) is 0 Å². The van der Waals surface area contributed by atoms with E-state index in [0.29, 0.717) is 23.9 Å². The maximum atomic E-state index is 12.8. The molecule has 1 aliphatic carbocycles. The number of fused-ring (bicyclic) bond motifs is 1. The van der Waals surface area contributed by atoms with Gasteiger partial charge in [0.15, 0.2) is 0 Å². The predicted molar refractivity (Wildman–Crippen MR) is 70.3 cm³/mol. The number of aromatic nitrogens is 1. The predicted octanol–water partition coefficient (Wildman–Crippen LogP) is 3.34. The summed E-state index contributed by atoms with van der Waals surface area (Å²) in [5, 5.41) is 3.49. The Kier molecular flexibility index (Phi) is 3.48. The van der Waals surface area contributed by atoms with Crippen LogP contribution in [0.1, 0.15) is 36.2 Å². The quantitative estimate of drug-likeness (QED) is 0.921. The summed E-state index contributed by atoms with van der Waals surface area (Å²) in [6.07, 6.45) is -0.309. The van der Waals surface area contributed by atoms with Crippen LogP contribution in [0.25, 0.3) is 0 Å². The van der Waals surface area contributed by atoms with Crippen molar-refractivity contribution in [3.05, 3.63) is 29.1 Å². The normalized spacial score (nSPS) is 29.1. The Bertz CT molecular complexity index is 498. The molecule has 2 fully saturated rings. The van der Waals surface area contributed by atoms with Crippen LogP contribution in [0.3, 0.4) is 0 Å². The average molecular weight is 284 g/mol. The standard InChI is InChI=1S/C15H19F3N2/c1-9-4-12(15(16,17)18)7-14(20-9)3-2-13-6-10-5-11(10)8-19-13/h4,7,10-11,13,19H,2-3,5-6,8H2,1H3. The van der Waals surface area contributed by atoms with Gasteiger partial charge in [0.1, 0.15) is 0 Å². The van der Waals surface area contributed by atoms with Crippen LogP contribution < -0.4 is 5.32 Å². The molecule has 0 bridgehead atoms. The van der Waals surface area contributed by atoms with Gasteiger partial charge in [-0.1, -0.05) is 0 Å². The van der Waals surface area contributed by atoms with Gasteiger partial charge in [0, 0.05) is 17.4 Å². The number of alkyl halides is 3. The smallest absolute Gasteiger partial charge is 0.314 e. The van der Waals surface area contributed by atoms with Crippen LogP contribution in [0.4, 0.5) is 13.2 Å². The van der Waals surface area contributed by atoms with E-state index in [4.69, 9.17) is 0 Å². The van der Waals surface area contributed by atoms with Gasteiger partial charge < -0.3 is 5.32 Å². The lowest BCUT2D eigenvalue weighted by molar-refractivity contribution is -0.137. The Morgan fingerprint density at radius 3 is 2.75 bits per heavy atom. The van der Waals surface area contributed by atoms with Crippen molar-refractivity contribution >= 4 is 0 Å². The van der Waals surface area contributed by atoms with Crippen molar-refractivity contribution in [2.24, 2.45) is 11.8 Å². The Morgan fingerprint density at radius 1 is 1.25 bits per heavy atom. The van der Waals surface area contributed by atoms with Gasteiger partial charge in [0.05, 0.1) is 5.56 Å². The summed E-state index contributed by atoms with van der Waals surface area (Å²) in [6, 6.07) is 2.74. The molecule has 1 N–H and O–H groups in total. The zero-order chi connectivity index (χ0) is 14.3. The molecule has 110 valence electrons. The van der Waals surface area contributed by atoms with E-state index < -0.39 is 11.7 Å². The van der Waals surface area contributed by atoms with Crippen molar-refractivity contribution in [2.45, 2.75) is 44.8 Å². The Labute approximate surface area is 116 Å². The van der Waals surface area contributed by atoms with Crippen LogP contribution in [0.15, 0.2) is 12.1 Å². The van der Waals surface area contributed by atoms with E-state index in [1.807, 2.05) is 0 Å². The minimum Gasteiger partial charge on any atom is -0.314 e. The van der Waals surface area contributed by atoms with Gasteiger partial charge in [0.2, 0.25) is 0 Å². The minimum absolute atomic E-state index is 0.439. The summed E-state index contributed by atoms with van der Waals surface area (Å²) in [7, 11) is 0. The first-order valence-corrected chi connectivity index (χ1v) is 7.20. The van der Waals surface area contributed by atoms with E-state index in [1.165, 1.54) is 18.9 Å². The number of hydrogen-bond donors (Lipinski definition) is 1. The second-order valence-corrected chi connectivity index (χ2v) is 6.12. The van der Waals surface area contributed by atoms with Crippen LogP contribution in [0.5, 0.6) is 0 Å². The first kappa shape index (κ1) is 13.9. The fraction of sp³-hybridized carbons (Fsp3) is 0.667. The number of aryl methyl sites for hydroxylation is 2. The third-order valence-corrected chi connectivity index (χ3v) is 4.41. The molecule has 1 aromatic rings. The van der Waals surface area contributed by atoms with Crippen LogP contribution in [0, 0.1) is 18.8 Å². The van der Waals surface area contributed by atoms with E-state index in [-0.39, 0.29) is 0 Å². The zero-order valence-corrected chi connectivity index (χ0v) is 11.5. The molecule has 0 aromatic carbocycles. The van der Waals surface area contributed by atoms with Crippen LogP contribution in [-0.4, -0.2) is 17.6 Å². The lowest BCUT2D eigenvalue weighted by Gasteiger charge is -2.23. The highest BCUT2D eigenvalue weighted by Crippen LogP contribution is 2.44. The van der Waals surface area contributed by atoms with Gasteiger partial charge in [-0.25, -0.2) is 0 Å². The molecule has 3 rings (SSSR count). The van der Waals surface area contributed by atoms with Gasteiger partial charge in [-0.05, 0) is 63.1 Å². The molecule has 3 unspecified atom stereocenters. The molecule has 3 atom stereocenters. The monoisotopic (exact) mass is 284 g/mol. The van der Waals surface area contributed by atoms with Gasteiger partial charge in [-0.2, -0.15) is 13.2 Å². The molecule has 0 amide bonds. The van der Waals surface area contributed by atoms with E-state index in [1.54, 1.807) is 6.92 Å². The molecule has 1 saturated heterocycles. The summed E-state index contributed by atoms with van der Waals surface area (Å²) in [5.74, 6) is 1.72. The number of halogens is 3. The second-order valence-electron chi connectivity index (χ2n) is 6.12. The molecule has 2 nitrogen and oxygen atoms in total. The maximum Gasteiger partial charge on any atom is 0.416 e. The van der Waals surface area contributed by atoms with E-state index in [0.717, 1.165) is 30.9 Å². The zero-order valence-electron chi connectivity index (χ0n) is 11.5. The molecular formula is C15H19F3N2. The number of nitrogens with one attached hydrogen (secondary N) is 1. The minimum atomic E-state index is -4.28. The molecule has 5 heteroatoms. The summed E-state index contributed by atoms with van der Waals surface area (Å²) in [6.45, 7) is 2.69. The summed E-state index contributed by atoms with van der Waals surface area (Å²) in [4.78, 5) is 4.23. The largest absolute Gasteiger partial charge is 0.416 e. The summed E-state index contributed by atoms with van der Waals surface area (Å²) in [5.41, 5.74) is 0.407. The highest BCUT2D eigenvalue weighted by molar-refractivity contribution is 5.23. The Balaban J connectivity index is 1.63. The number of hydrogen-bond acceptors (Lipinski definition) is 2. The molecule has 20 heavy (non-hydrogen) atoms. The van der Waals surface area contributed by atoms with Gasteiger partial charge in [-0.15, -0.1) is 0 Å². The molecule has 2 heterocycles. The van der Waals surface area contributed by atoms with E-state index >= 15 is 0 Å². The van der Waals surface area contributed by atoms with Crippen molar-refractivity contribution in [3.8, 4) is 0 Å². The van der Waals surface area contributed by atoms with E-state index in [9.17, 15) is 13.2 Å². The fourth-order valence-corrected chi connectivity index (χ4v) is 3.19. The molecule has 1 saturated carbocycles. The lowest BCUT2D eigenvalue weighted by Crippen LogP contribution is -2.35. The molecule has 1 aliphatic heterocycles. The lowest BCUT2D eigenvalue weighted by atomic mass is 9.99. The SMILES string of the molecule is Cc1cc(C(F)(F)F)cc(CCC2CC3CC3CN2)n1. The molecule has 2 aliphatic rings. The van der Waals surface area contributed by atoms with Crippen molar-refractivity contribution in [2.75, 3.05) is 6.54 Å². The molecular weight excluding hydrogens is 265 g/mol. The van der Waals surface area contributed by atoms with Crippen molar-refractivity contribution in [3.63, 3.8) is 0 Å². The highest BCUT2D eigenvalue weighted by Gasteiger charge is 2.41. The van der Waals surface area contributed by atoms with Crippen molar-refractivity contribution in [1.29, 1.82) is 0 Å². The van der Waals surface area contributed by atoms with Crippen LogP contribution in [0.2, 0.25) is 0 Å². The van der Waals surface area contributed by atoms with Crippen molar-refractivity contribution in [1.82, 2.24) is 10.3 Å². The fourth-order valence-electron chi connectivity index (χ4n) is 3.19. The first-order chi connectivity index (χ1) is 9.41.